The van der Waals surface area contributed by atoms with Crippen molar-refractivity contribution in [2.45, 2.75) is 58.8 Å². The average Bonchev–Trinajstić information content (AvgIpc) is 2.86. The fraction of sp³-hybridized carbons (Fsp3) is 0.429. The fourth-order valence-electron chi connectivity index (χ4n) is 3.50. The molecule has 0 saturated heterocycles. The summed E-state index contributed by atoms with van der Waals surface area (Å²) >= 11 is 1.92. The molecule has 22 heavy (non-hydrogen) atoms. The summed E-state index contributed by atoms with van der Waals surface area (Å²) in [5, 5.41) is 5.19. The van der Waals surface area contributed by atoms with E-state index in [9.17, 15) is 0 Å². The van der Waals surface area contributed by atoms with Crippen LogP contribution in [0.4, 0.5) is 0 Å². The quantitative estimate of drug-likeness (QED) is 0.404. The SMILES string of the molecule is CCCCCCCCc1c2sccc(C)c-2c2ccccc12. The van der Waals surface area contributed by atoms with Gasteiger partial charge in [-0.3, -0.25) is 0 Å². The summed E-state index contributed by atoms with van der Waals surface area (Å²) in [6, 6.07) is 11.2. The van der Waals surface area contributed by atoms with Crippen LogP contribution in [0.5, 0.6) is 0 Å². The van der Waals surface area contributed by atoms with Crippen molar-refractivity contribution in [3.8, 4) is 10.4 Å². The molecule has 2 aliphatic rings. The van der Waals surface area contributed by atoms with Crippen LogP contribution in [0.1, 0.15) is 56.6 Å². The Kier molecular flexibility index (Phi) is 5.15. The smallest absolute Gasteiger partial charge is 0.0389 e. The predicted molar refractivity (Wildman–Crippen MR) is 100 cm³/mol. The van der Waals surface area contributed by atoms with Crippen LogP contribution in [0, 0.1) is 6.92 Å². The molecule has 0 saturated carbocycles. The molecule has 0 atom stereocenters. The Morgan fingerprint density at radius 3 is 2.41 bits per heavy atom. The second-order valence-corrected chi connectivity index (χ2v) is 7.27. The highest BCUT2D eigenvalue weighted by atomic mass is 32.1. The topological polar surface area (TPSA) is 0 Å². The van der Waals surface area contributed by atoms with Crippen molar-refractivity contribution in [2.75, 3.05) is 0 Å². The Morgan fingerprint density at radius 2 is 1.59 bits per heavy atom. The number of aryl methyl sites for hydroxylation is 2. The Labute approximate surface area is 138 Å². The van der Waals surface area contributed by atoms with Gasteiger partial charge in [0.15, 0.2) is 0 Å². The van der Waals surface area contributed by atoms with E-state index in [4.69, 9.17) is 0 Å². The Balaban J connectivity index is 1.83. The maximum absolute atomic E-state index is 2.31. The maximum atomic E-state index is 2.31. The molecule has 3 rings (SSSR count). The Hall–Kier alpha value is -1.34. The monoisotopic (exact) mass is 310 g/mol. The molecule has 0 N–H and O–H groups in total. The molecule has 0 aromatic heterocycles. The first kappa shape index (κ1) is 15.6. The Bertz CT molecular complexity index is 707. The van der Waals surface area contributed by atoms with Crippen molar-refractivity contribution in [2.24, 2.45) is 0 Å². The van der Waals surface area contributed by atoms with Gasteiger partial charge >= 0.3 is 0 Å². The molecule has 1 heteroatoms. The van der Waals surface area contributed by atoms with Gasteiger partial charge in [-0.1, -0.05) is 63.3 Å². The van der Waals surface area contributed by atoms with Crippen molar-refractivity contribution in [3.63, 3.8) is 0 Å². The van der Waals surface area contributed by atoms with E-state index in [2.05, 4.69) is 49.6 Å². The lowest BCUT2D eigenvalue weighted by Crippen LogP contribution is -1.87. The van der Waals surface area contributed by atoms with Crippen molar-refractivity contribution in [3.05, 3.63) is 46.8 Å². The van der Waals surface area contributed by atoms with Crippen molar-refractivity contribution < 1.29 is 0 Å². The van der Waals surface area contributed by atoms with E-state index >= 15 is 0 Å². The highest BCUT2D eigenvalue weighted by Gasteiger charge is 2.18. The van der Waals surface area contributed by atoms with Gasteiger partial charge in [0, 0.05) is 10.4 Å². The zero-order valence-corrected chi connectivity index (χ0v) is 14.6. The van der Waals surface area contributed by atoms with Gasteiger partial charge in [0.2, 0.25) is 0 Å². The molecule has 116 valence electrons. The van der Waals surface area contributed by atoms with Gasteiger partial charge < -0.3 is 0 Å². The summed E-state index contributed by atoms with van der Waals surface area (Å²) in [7, 11) is 0. The summed E-state index contributed by atoms with van der Waals surface area (Å²) in [5.41, 5.74) is 4.50. The van der Waals surface area contributed by atoms with Crippen molar-refractivity contribution in [1.82, 2.24) is 0 Å². The zero-order valence-electron chi connectivity index (χ0n) is 13.8. The number of hydrogen-bond donors (Lipinski definition) is 0. The normalized spacial score (nSPS) is 11.5. The van der Waals surface area contributed by atoms with Gasteiger partial charge in [-0.05, 0) is 53.1 Å². The average molecular weight is 311 g/mol. The second kappa shape index (κ2) is 7.28. The third-order valence-corrected chi connectivity index (χ3v) is 5.66. The van der Waals surface area contributed by atoms with E-state index in [-0.39, 0.29) is 0 Å². The number of fused-ring (bicyclic) bond motifs is 3. The van der Waals surface area contributed by atoms with Gasteiger partial charge in [0.1, 0.15) is 0 Å². The third kappa shape index (κ3) is 3.05. The number of unbranched alkanes of at least 4 members (excludes halogenated alkanes) is 5. The second-order valence-electron chi connectivity index (χ2n) is 6.35. The first-order valence-electron chi connectivity index (χ1n) is 8.70. The summed E-state index contributed by atoms with van der Waals surface area (Å²) in [4.78, 5) is 1.52. The molecule has 1 aliphatic heterocycles. The van der Waals surface area contributed by atoms with Crippen LogP contribution in [0.15, 0.2) is 35.7 Å². The standard InChI is InChI=1S/C21H26S/c1-3-4-5-6-7-8-13-19-17-11-9-10-12-18(17)20-16(2)14-15-22-21(19)20/h9-12,14-15H,3-8,13H2,1-2H3. The van der Waals surface area contributed by atoms with Crippen LogP contribution in [-0.4, -0.2) is 0 Å². The van der Waals surface area contributed by atoms with Crippen LogP contribution in [-0.2, 0) is 6.42 Å². The number of rotatable bonds is 7. The van der Waals surface area contributed by atoms with Gasteiger partial charge in [-0.25, -0.2) is 0 Å². The molecule has 0 unspecified atom stereocenters. The highest BCUT2D eigenvalue weighted by Crippen LogP contribution is 2.43. The van der Waals surface area contributed by atoms with Crippen LogP contribution in [0.3, 0.4) is 0 Å². The maximum Gasteiger partial charge on any atom is 0.0389 e. The van der Waals surface area contributed by atoms with Crippen LogP contribution >= 0.6 is 11.3 Å². The molecule has 0 bridgehead atoms. The first-order valence-corrected chi connectivity index (χ1v) is 9.58. The van der Waals surface area contributed by atoms with Crippen molar-refractivity contribution in [1.29, 1.82) is 0 Å². The van der Waals surface area contributed by atoms with Crippen LogP contribution < -0.4 is 0 Å². The van der Waals surface area contributed by atoms with Crippen molar-refractivity contribution >= 4 is 22.1 Å². The lowest BCUT2D eigenvalue weighted by atomic mass is 10.0. The molecule has 0 amide bonds. The third-order valence-electron chi connectivity index (χ3n) is 4.70. The molecule has 0 radical (unpaired) electrons. The summed E-state index contributed by atoms with van der Waals surface area (Å²) in [6.45, 7) is 4.53. The minimum Gasteiger partial charge on any atom is -0.143 e. The lowest BCUT2D eigenvalue weighted by Gasteiger charge is -2.06. The largest absolute Gasteiger partial charge is 0.143 e. The molecule has 0 spiro atoms. The predicted octanol–water partition coefficient (Wildman–Crippen LogP) is 7.22. The molecule has 1 aliphatic carbocycles. The molecule has 1 heterocycles. The van der Waals surface area contributed by atoms with Crippen LogP contribution in [0.25, 0.3) is 21.2 Å². The van der Waals surface area contributed by atoms with E-state index in [0.717, 1.165) is 0 Å². The van der Waals surface area contributed by atoms with Crippen LogP contribution in [0.2, 0.25) is 0 Å². The summed E-state index contributed by atoms with van der Waals surface area (Å²) in [5.74, 6) is 0. The minimum atomic E-state index is 1.23. The first-order chi connectivity index (χ1) is 10.8. The molecular formula is C21H26S. The Morgan fingerprint density at radius 1 is 0.864 bits per heavy atom. The minimum absolute atomic E-state index is 1.23. The molecule has 0 fully saturated rings. The molecule has 0 nitrogen and oxygen atoms in total. The van der Waals surface area contributed by atoms with E-state index in [0.29, 0.717) is 0 Å². The van der Waals surface area contributed by atoms with E-state index in [1.54, 1.807) is 5.56 Å². The van der Waals surface area contributed by atoms with Gasteiger partial charge in [-0.2, -0.15) is 0 Å². The zero-order chi connectivity index (χ0) is 15.4. The van der Waals surface area contributed by atoms with E-state index in [1.165, 1.54) is 71.7 Å². The molecule has 1 aromatic rings. The fourth-order valence-corrected chi connectivity index (χ4v) is 4.65. The van der Waals surface area contributed by atoms with Gasteiger partial charge in [-0.15, -0.1) is 11.3 Å². The number of hydrogen-bond acceptors (Lipinski definition) is 1. The highest BCUT2D eigenvalue weighted by molar-refractivity contribution is 7.13. The van der Waals surface area contributed by atoms with E-state index in [1.807, 2.05) is 11.3 Å². The summed E-state index contributed by atoms with van der Waals surface area (Å²) < 4.78 is 0. The van der Waals surface area contributed by atoms with E-state index < -0.39 is 0 Å². The molecule has 1 aromatic carbocycles. The lowest BCUT2D eigenvalue weighted by molar-refractivity contribution is 0.608. The number of benzene rings is 1. The van der Waals surface area contributed by atoms with Gasteiger partial charge in [0.05, 0.1) is 0 Å². The summed E-state index contributed by atoms with van der Waals surface area (Å²) in [6.07, 6.45) is 9.46. The molecular weight excluding hydrogens is 284 g/mol. The van der Waals surface area contributed by atoms with Gasteiger partial charge in [0.25, 0.3) is 0 Å².